The monoisotopic (exact) mass is 295 g/mol. The molecule has 0 saturated carbocycles. The van der Waals surface area contributed by atoms with E-state index < -0.39 is 0 Å². The molecule has 0 amide bonds. The molecule has 0 rings (SSSR count). The van der Waals surface area contributed by atoms with Crippen LogP contribution in [-0.4, -0.2) is 33.6 Å². The standard InChI is InChI=1S/C5H7.3C3H8O.Ti/c1-3-5-4-2;3*1-3(2)4;/h3-5H,1-2H2;3*3-4H,1-2H3;/q-1;;;;/b5-3+;;;;. The Morgan fingerprint density at radius 2 is 1.00 bits per heavy atom. The van der Waals surface area contributed by atoms with Crippen LogP contribution in [0.2, 0.25) is 0 Å². The first-order valence-electron chi connectivity index (χ1n) is 5.72. The number of aliphatic hydroxyl groups excluding tert-OH is 3. The van der Waals surface area contributed by atoms with Crippen LogP contribution in [0.15, 0.2) is 24.8 Å². The summed E-state index contributed by atoms with van der Waals surface area (Å²) < 4.78 is 0. The SMILES string of the molecule is C=C/C=C/[CH2-].CC(C)O.CC(C)O.CC(C)O.[Ti]. The van der Waals surface area contributed by atoms with E-state index in [1.54, 1.807) is 59.8 Å². The van der Waals surface area contributed by atoms with Crippen LogP contribution in [0.25, 0.3) is 0 Å². The molecular weight excluding hydrogens is 264 g/mol. The smallest absolute Gasteiger partial charge is 0.0483 e. The molecule has 0 aromatic rings. The minimum atomic E-state index is -0.167. The first-order valence-corrected chi connectivity index (χ1v) is 5.72. The quantitative estimate of drug-likeness (QED) is 0.396. The fourth-order valence-electron chi connectivity index (χ4n) is 0.0962. The molecule has 0 aliphatic heterocycles. The zero-order chi connectivity index (χ0) is 14.9. The van der Waals surface area contributed by atoms with Gasteiger partial charge in [0.1, 0.15) is 0 Å². The van der Waals surface area contributed by atoms with Crippen LogP contribution in [0.5, 0.6) is 0 Å². The number of hydrogen-bond acceptors (Lipinski definition) is 3. The minimum Gasteiger partial charge on any atom is -0.394 e. The van der Waals surface area contributed by atoms with Crippen molar-refractivity contribution < 1.29 is 37.0 Å². The van der Waals surface area contributed by atoms with Gasteiger partial charge in [-0.1, -0.05) is 0 Å². The van der Waals surface area contributed by atoms with E-state index in [9.17, 15) is 0 Å². The van der Waals surface area contributed by atoms with Crippen molar-refractivity contribution in [2.75, 3.05) is 0 Å². The molecule has 0 aliphatic carbocycles. The minimum absolute atomic E-state index is 0. The van der Waals surface area contributed by atoms with Gasteiger partial charge in [0.2, 0.25) is 0 Å². The zero-order valence-corrected chi connectivity index (χ0v) is 14.3. The predicted molar refractivity (Wildman–Crippen MR) is 76.8 cm³/mol. The van der Waals surface area contributed by atoms with Crippen molar-refractivity contribution in [3.63, 3.8) is 0 Å². The van der Waals surface area contributed by atoms with Gasteiger partial charge in [-0.15, -0.1) is 6.58 Å². The third-order valence-corrected chi connectivity index (χ3v) is 0.272. The Bertz CT molecular complexity index is 121. The molecule has 0 atom stereocenters. The van der Waals surface area contributed by atoms with E-state index in [4.69, 9.17) is 15.3 Å². The van der Waals surface area contributed by atoms with Gasteiger partial charge in [0.15, 0.2) is 0 Å². The molecule has 0 unspecified atom stereocenters. The molecule has 0 aliphatic rings. The summed E-state index contributed by atoms with van der Waals surface area (Å²) in [6.07, 6.45) is 4.65. The van der Waals surface area contributed by atoms with Gasteiger partial charge < -0.3 is 15.3 Å². The van der Waals surface area contributed by atoms with Gasteiger partial charge in [-0.25, -0.2) is 19.1 Å². The summed E-state index contributed by atoms with van der Waals surface area (Å²) in [5.74, 6) is 0. The van der Waals surface area contributed by atoms with E-state index in [2.05, 4.69) is 13.5 Å². The molecule has 0 aromatic carbocycles. The third-order valence-electron chi connectivity index (χ3n) is 0.272. The van der Waals surface area contributed by atoms with Crippen LogP contribution in [0.4, 0.5) is 0 Å². The second kappa shape index (κ2) is 30.2. The van der Waals surface area contributed by atoms with Gasteiger partial charge in [0, 0.05) is 40.0 Å². The van der Waals surface area contributed by atoms with E-state index in [1.165, 1.54) is 0 Å². The van der Waals surface area contributed by atoms with Crippen molar-refractivity contribution in [1.29, 1.82) is 0 Å². The van der Waals surface area contributed by atoms with Crippen molar-refractivity contribution in [3.8, 4) is 0 Å². The van der Waals surface area contributed by atoms with Gasteiger partial charge in [-0.2, -0.15) is 6.08 Å². The van der Waals surface area contributed by atoms with Crippen molar-refractivity contribution in [2.24, 2.45) is 0 Å². The van der Waals surface area contributed by atoms with E-state index in [0.717, 1.165) is 0 Å². The largest absolute Gasteiger partial charge is 0.394 e. The van der Waals surface area contributed by atoms with Crippen LogP contribution in [0, 0.1) is 6.92 Å². The molecule has 3 N–H and O–H groups in total. The molecule has 0 bridgehead atoms. The molecule has 0 radical (unpaired) electrons. The van der Waals surface area contributed by atoms with Crippen LogP contribution >= 0.6 is 0 Å². The molecule has 4 heteroatoms. The first-order chi connectivity index (χ1) is 7.61. The number of aliphatic hydroxyl groups is 3. The average Bonchev–Trinajstić information content (AvgIpc) is 2.01. The van der Waals surface area contributed by atoms with Crippen LogP contribution in [-0.2, 0) is 21.7 Å². The maximum Gasteiger partial charge on any atom is 0.0483 e. The predicted octanol–water partition coefficient (Wildman–Crippen LogP) is 2.72. The van der Waals surface area contributed by atoms with Crippen LogP contribution < -0.4 is 0 Å². The summed E-state index contributed by atoms with van der Waals surface area (Å²) >= 11 is 0. The van der Waals surface area contributed by atoms with Crippen LogP contribution in [0.1, 0.15) is 41.5 Å². The van der Waals surface area contributed by atoms with Crippen molar-refractivity contribution in [2.45, 2.75) is 59.9 Å². The molecule has 0 fully saturated rings. The Balaban J connectivity index is -0.0000000412. The first kappa shape index (κ1) is 30.7. The number of hydrogen-bond donors (Lipinski definition) is 3. The van der Waals surface area contributed by atoms with E-state index in [1.807, 2.05) is 0 Å². The summed E-state index contributed by atoms with van der Waals surface area (Å²) in [4.78, 5) is 0. The molecule has 18 heavy (non-hydrogen) atoms. The topological polar surface area (TPSA) is 60.7 Å². The zero-order valence-electron chi connectivity index (χ0n) is 12.7. The molecule has 0 heterocycles. The normalized spacial score (nSPS) is 8.44. The van der Waals surface area contributed by atoms with E-state index in [0.29, 0.717) is 0 Å². The maximum atomic E-state index is 8.06. The summed E-state index contributed by atoms with van der Waals surface area (Å²) in [7, 11) is 0. The molecule has 0 saturated heterocycles. The van der Waals surface area contributed by atoms with Gasteiger partial charge in [0.05, 0.1) is 0 Å². The van der Waals surface area contributed by atoms with Gasteiger partial charge >= 0.3 is 0 Å². The fraction of sp³-hybridized carbons (Fsp3) is 0.643. The van der Waals surface area contributed by atoms with Gasteiger partial charge in [0.25, 0.3) is 0 Å². The van der Waals surface area contributed by atoms with Gasteiger partial charge in [-0.3, -0.25) is 0 Å². The summed E-state index contributed by atoms with van der Waals surface area (Å²) in [6.45, 7) is 17.2. The second-order valence-electron chi connectivity index (χ2n) is 3.95. The molecule has 3 nitrogen and oxygen atoms in total. The Morgan fingerprint density at radius 3 is 1.00 bits per heavy atom. The average molecular weight is 295 g/mol. The molecule has 0 aromatic heterocycles. The number of rotatable bonds is 1. The van der Waals surface area contributed by atoms with Crippen LogP contribution in [0.3, 0.4) is 0 Å². The third kappa shape index (κ3) is 942. The summed E-state index contributed by atoms with van der Waals surface area (Å²) in [6, 6.07) is 0. The second-order valence-corrected chi connectivity index (χ2v) is 3.95. The van der Waals surface area contributed by atoms with E-state index in [-0.39, 0.29) is 40.0 Å². The summed E-state index contributed by atoms with van der Waals surface area (Å²) in [5.41, 5.74) is 0. The maximum absolute atomic E-state index is 8.06. The molecule has 0 spiro atoms. The van der Waals surface area contributed by atoms with Crippen molar-refractivity contribution in [3.05, 3.63) is 31.7 Å². The number of allylic oxidation sites excluding steroid dienone is 3. The Hall–Kier alpha value is -0.0557. The molecule has 110 valence electrons. The van der Waals surface area contributed by atoms with E-state index >= 15 is 0 Å². The Labute approximate surface area is 129 Å². The van der Waals surface area contributed by atoms with Crippen molar-refractivity contribution >= 4 is 0 Å². The molecular formula is C14H31O3Ti-. The van der Waals surface area contributed by atoms with Gasteiger partial charge in [-0.05, 0) is 41.5 Å². The van der Waals surface area contributed by atoms with Crippen molar-refractivity contribution in [1.82, 2.24) is 0 Å². The fourth-order valence-corrected chi connectivity index (χ4v) is 0.0962. The Morgan fingerprint density at radius 1 is 0.833 bits per heavy atom. The Kier molecular flexibility index (Phi) is 51.6. The summed E-state index contributed by atoms with van der Waals surface area (Å²) in [5, 5.41) is 24.2.